The van der Waals surface area contributed by atoms with Crippen molar-refractivity contribution in [2.75, 3.05) is 19.8 Å². The van der Waals surface area contributed by atoms with Crippen LogP contribution in [0.15, 0.2) is 30.3 Å². The first-order valence-corrected chi connectivity index (χ1v) is 26.7. The minimum Gasteiger partial charge on any atom is -0.458 e. The molecule has 20 heteroatoms. The van der Waals surface area contributed by atoms with E-state index in [0.29, 0.717) is 31.2 Å². The number of ether oxygens (including phenoxy) is 8. The smallest absolute Gasteiger partial charge is 0.338 e. The van der Waals surface area contributed by atoms with Gasteiger partial charge in [-0.15, -0.1) is 0 Å². The number of fused-ring (bicyclic) bond motifs is 5. The maximum Gasteiger partial charge on any atom is 0.338 e. The van der Waals surface area contributed by atoms with Gasteiger partial charge in [-0.1, -0.05) is 59.7 Å². The Kier molecular flexibility index (Phi) is 14.1. The number of esters is 1. The lowest BCUT2D eigenvalue weighted by Crippen LogP contribution is -2.78. The van der Waals surface area contributed by atoms with Gasteiger partial charge in [0.25, 0.3) is 0 Å². The number of benzene rings is 1. The Morgan fingerprint density at radius 2 is 1.32 bits per heavy atom. The van der Waals surface area contributed by atoms with Crippen molar-refractivity contribution in [2.45, 2.75) is 222 Å². The summed E-state index contributed by atoms with van der Waals surface area (Å²) in [5, 5.41) is 109. The molecule has 1 aromatic carbocycles. The highest BCUT2D eigenvalue weighted by atomic mass is 16.8. The second-order valence-electron chi connectivity index (χ2n) is 25.5. The van der Waals surface area contributed by atoms with Crippen LogP contribution in [-0.2, 0) is 42.7 Å². The fourth-order valence-electron chi connectivity index (χ4n) is 16.9. The molecule has 416 valence electrons. The first-order chi connectivity index (χ1) is 34.7. The number of carbonyl (C=O) groups excluding carboxylic acids is 2. The van der Waals surface area contributed by atoms with Crippen LogP contribution in [-0.4, -0.2) is 199 Å². The molecule has 26 atom stereocenters. The summed E-state index contributed by atoms with van der Waals surface area (Å²) in [6.45, 7) is 13.4. The maximum absolute atomic E-state index is 13.6. The molecule has 10 N–H and O–H groups in total. The summed E-state index contributed by atoms with van der Waals surface area (Å²) in [5.74, 6) is -0.257. The minimum absolute atomic E-state index is 0.0885. The third kappa shape index (κ3) is 7.85. The molecular weight excluding hydrogens is 969 g/mol. The maximum atomic E-state index is 13.6. The number of aldehydes is 1. The second kappa shape index (κ2) is 18.9. The van der Waals surface area contributed by atoms with E-state index in [4.69, 9.17) is 37.9 Å². The molecule has 5 aliphatic carbocycles. The highest BCUT2D eigenvalue weighted by Crippen LogP contribution is 2.84. The standard InChI is InChI=1S/C54H80O20/c1-47(2)30-13-16-51(6)31(19-33-54(74-33)52(51,7)18-17-49(4)20-34(48(3,25-57)24-53(49,54)66)71-43(65)26-11-9-8-10-12-26)50(30,5)15-14-32(47)72-46-42(73-45-41(64)39(62)36(59)28(22-56)69-45)37(60)29(23-67-46)70-44-40(63)38(61)35(58)27(21-55)68-44/h8-12,25,27-42,44-46,55-56,58-64,66H,13-24H2,1-7H3/t27-,28-,29+,30+,31-,32+,33-,34+,35-,36-,37+,38+,39+,40-,41-,42-,44+,45+,46+,48+,49+,50+,51-,52+,53+,54-/m1/s1. The highest BCUT2D eigenvalue weighted by molar-refractivity contribution is 5.89. The van der Waals surface area contributed by atoms with Crippen molar-refractivity contribution < 1.29 is 98.5 Å². The number of aliphatic hydroxyl groups is 10. The molecule has 9 aliphatic rings. The number of carbonyl (C=O) groups is 2. The molecule has 0 aromatic heterocycles. The topological polar surface area (TPSA) is 314 Å². The summed E-state index contributed by atoms with van der Waals surface area (Å²) < 4.78 is 49.9. The number of hydrogen-bond acceptors (Lipinski definition) is 20. The van der Waals surface area contributed by atoms with E-state index in [0.717, 1.165) is 32.0 Å². The molecule has 20 nitrogen and oxygen atoms in total. The van der Waals surface area contributed by atoms with Gasteiger partial charge in [-0.25, -0.2) is 4.79 Å². The Hall–Kier alpha value is -2.32. The molecule has 10 rings (SSSR count). The van der Waals surface area contributed by atoms with Crippen LogP contribution in [0, 0.1) is 44.3 Å². The van der Waals surface area contributed by atoms with Crippen molar-refractivity contribution in [1.29, 1.82) is 0 Å². The molecule has 1 aromatic rings. The second-order valence-corrected chi connectivity index (χ2v) is 25.5. The Bertz CT molecular complexity index is 2240. The van der Waals surface area contributed by atoms with Crippen molar-refractivity contribution in [1.82, 2.24) is 0 Å². The van der Waals surface area contributed by atoms with E-state index >= 15 is 0 Å². The summed E-state index contributed by atoms with van der Waals surface area (Å²) >= 11 is 0. The van der Waals surface area contributed by atoms with Gasteiger partial charge in [0.1, 0.15) is 90.7 Å². The highest BCUT2D eigenvalue weighted by Gasteiger charge is 2.89. The van der Waals surface area contributed by atoms with Crippen molar-refractivity contribution in [2.24, 2.45) is 44.3 Å². The van der Waals surface area contributed by atoms with E-state index in [-0.39, 0.29) is 41.8 Å². The quantitative estimate of drug-likeness (QED) is 0.0629. The van der Waals surface area contributed by atoms with Gasteiger partial charge in [0, 0.05) is 10.8 Å². The predicted molar refractivity (Wildman–Crippen MR) is 255 cm³/mol. The third-order valence-corrected chi connectivity index (χ3v) is 21.6. The van der Waals surface area contributed by atoms with Crippen LogP contribution in [0.2, 0.25) is 0 Å². The molecule has 4 heterocycles. The van der Waals surface area contributed by atoms with Gasteiger partial charge in [0.15, 0.2) is 18.9 Å². The van der Waals surface area contributed by atoms with Crippen LogP contribution < -0.4 is 0 Å². The summed E-state index contributed by atoms with van der Waals surface area (Å²) in [6, 6.07) is 8.73. The average molecular weight is 1050 g/mol. The van der Waals surface area contributed by atoms with Gasteiger partial charge < -0.3 is 93.8 Å². The predicted octanol–water partition coefficient (Wildman–Crippen LogP) is 0.621. The Balaban J connectivity index is 0.889. The van der Waals surface area contributed by atoms with E-state index < -0.39 is 150 Å². The molecule has 0 unspecified atom stereocenters. The zero-order valence-electron chi connectivity index (χ0n) is 43.5. The van der Waals surface area contributed by atoms with Crippen molar-refractivity contribution in [3.05, 3.63) is 35.9 Å². The Labute approximate surface area is 431 Å². The van der Waals surface area contributed by atoms with Crippen LogP contribution in [0.4, 0.5) is 0 Å². The lowest BCUT2D eigenvalue weighted by atomic mass is 9.30. The van der Waals surface area contributed by atoms with Gasteiger partial charge in [-0.05, 0) is 105 Å². The number of rotatable bonds is 11. The largest absolute Gasteiger partial charge is 0.458 e. The SMILES string of the molecule is CC1(C)[C@@H](O[C@@H]2OC[C@H](O[C@@H]3O[C@H](CO)[C@@H](O)[C@H](O)[C@H]3O)[C@H](O)[C@H]2O[C@@H]2O[C@H](CO)[C@@H](O)[C@H](O)[C@H]2O)CC[C@]2(C)[C@H]3C[C@H]4O[C@@]45[C@@](C)(CC[C@@]4(C)C[C@H](OC(=O)c6ccccc6)[C@](C)(C=O)C[C@]45O)[C@]3(C)CC[C@@H]12. The lowest BCUT2D eigenvalue weighted by Gasteiger charge is -2.74. The average Bonchev–Trinajstić information content (AvgIpc) is 4.13. The van der Waals surface area contributed by atoms with Crippen molar-refractivity contribution in [3.63, 3.8) is 0 Å². The molecular formula is C54H80O20. The monoisotopic (exact) mass is 1050 g/mol. The van der Waals surface area contributed by atoms with E-state index in [1.807, 2.05) is 6.07 Å². The van der Waals surface area contributed by atoms with E-state index in [2.05, 4.69) is 41.5 Å². The first kappa shape index (κ1) is 55.0. The number of hydrogen-bond donors (Lipinski definition) is 10. The van der Waals surface area contributed by atoms with Gasteiger partial charge >= 0.3 is 5.97 Å². The molecule has 74 heavy (non-hydrogen) atoms. The molecule has 4 saturated heterocycles. The molecule has 9 fully saturated rings. The first-order valence-electron chi connectivity index (χ1n) is 26.7. The summed E-state index contributed by atoms with van der Waals surface area (Å²) in [5.41, 5.74) is -5.44. The van der Waals surface area contributed by atoms with Crippen LogP contribution >= 0.6 is 0 Å². The summed E-state index contributed by atoms with van der Waals surface area (Å²) in [4.78, 5) is 26.7. The fraction of sp³-hybridized carbons (Fsp3) is 0.852. The van der Waals surface area contributed by atoms with E-state index in [1.165, 1.54) is 0 Å². The van der Waals surface area contributed by atoms with Gasteiger partial charge in [0.2, 0.25) is 0 Å². The molecule has 0 radical (unpaired) electrons. The van der Waals surface area contributed by atoms with E-state index in [9.17, 15) is 60.7 Å². The van der Waals surface area contributed by atoms with Crippen LogP contribution in [0.3, 0.4) is 0 Å². The van der Waals surface area contributed by atoms with E-state index in [1.54, 1.807) is 31.2 Å². The van der Waals surface area contributed by atoms with Crippen molar-refractivity contribution in [3.8, 4) is 0 Å². The number of aliphatic hydroxyl groups excluding tert-OH is 9. The normalized spacial score (nSPS) is 54.5. The van der Waals surface area contributed by atoms with Gasteiger partial charge in [-0.3, -0.25) is 0 Å². The molecule has 0 bridgehead atoms. The zero-order chi connectivity index (χ0) is 53.5. The molecule has 4 aliphatic heterocycles. The van der Waals surface area contributed by atoms with Crippen molar-refractivity contribution >= 4 is 12.3 Å². The number of epoxide rings is 1. The molecule has 0 amide bonds. The molecule has 5 saturated carbocycles. The summed E-state index contributed by atoms with van der Waals surface area (Å²) in [6.07, 6.45) is -17.8. The minimum atomic E-state index is -1.85. The van der Waals surface area contributed by atoms with Gasteiger partial charge in [0.05, 0.1) is 43.0 Å². The Morgan fingerprint density at radius 1 is 0.703 bits per heavy atom. The van der Waals surface area contributed by atoms with Crippen LogP contribution in [0.5, 0.6) is 0 Å². The fourth-order valence-corrected chi connectivity index (χ4v) is 16.9. The lowest BCUT2D eigenvalue weighted by molar-refractivity contribution is -0.382. The Morgan fingerprint density at radius 3 is 1.93 bits per heavy atom. The zero-order valence-corrected chi connectivity index (χ0v) is 43.5. The van der Waals surface area contributed by atoms with Crippen LogP contribution in [0.1, 0.15) is 117 Å². The summed E-state index contributed by atoms with van der Waals surface area (Å²) in [7, 11) is 0. The molecule has 1 spiro atoms. The third-order valence-electron chi connectivity index (χ3n) is 21.6. The van der Waals surface area contributed by atoms with Crippen LogP contribution in [0.25, 0.3) is 0 Å². The van der Waals surface area contributed by atoms with Gasteiger partial charge in [-0.2, -0.15) is 0 Å².